The number of hydrogen-bond donors (Lipinski definition) is 1. The van der Waals surface area contributed by atoms with Crippen LogP contribution in [0.2, 0.25) is 0 Å². The molecule has 2 fully saturated rings. The molecule has 0 saturated carbocycles. The smallest absolute Gasteiger partial charge is 0.182 e. The summed E-state index contributed by atoms with van der Waals surface area (Å²) in [6.45, 7) is 11.2. The first-order valence-corrected chi connectivity index (χ1v) is 8.52. The fourth-order valence-electron chi connectivity index (χ4n) is 3.37. The molecular formula is C18H27N3O2. The molecule has 23 heavy (non-hydrogen) atoms. The number of Topliss-reactive ketones (excluding diaryl/α,β-unsaturated/α-hetero) is 1. The Morgan fingerprint density at radius 2 is 1.65 bits per heavy atom. The number of rotatable bonds is 4. The maximum absolute atomic E-state index is 12.9. The maximum atomic E-state index is 12.9. The second kappa shape index (κ2) is 6.99. The van der Waals surface area contributed by atoms with Crippen LogP contribution in [0.25, 0.3) is 0 Å². The summed E-state index contributed by atoms with van der Waals surface area (Å²) in [6, 6.07) is 8.10. The van der Waals surface area contributed by atoms with Crippen LogP contribution in [0.4, 0.5) is 5.69 Å². The van der Waals surface area contributed by atoms with Gasteiger partial charge in [0, 0.05) is 50.5 Å². The highest BCUT2D eigenvalue weighted by atomic mass is 16.5. The van der Waals surface area contributed by atoms with Gasteiger partial charge in [-0.15, -0.1) is 0 Å². The molecule has 0 unspecified atom stereocenters. The fourth-order valence-corrected chi connectivity index (χ4v) is 3.37. The van der Waals surface area contributed by atoms with E-state index in [-0.39, 0.29) is 5.78 Å². The van der Waals surface area contributed by atoms with Crippen LogP contribution in [0.5, 0.6) is 0 Å². The van der Waals surface area contributed by atoms with Crippen LogP contribution in [-0.4, -0.2) is 68.7 Å². The van der Waals surface area contributed by atoms with E-state index in [1.165, 1.54) is 5.69 Å². The van der Waals surface area contributed by atoms with Crippen LogP contribution in [0.1, 0.15) is 24.2 Å². The summed E-state index contributed by atoms with van der Waals surface area (Å²) in [7, 11) is 0. The third kappa shape index (κ3) is 3.57. The van der Waals surface area contributed by atoms with E-state index in [0.29, 0.717) is 13.2 Å². The molecule has 5 heteroatoms. The lowest BCUT2D eigenvalue weighted by molar-refractivity contribution is -0.00429. The normalized spacial score (nSPS) is 20.5. The minimum Gasteiger partial charge on any atom is -0.379 e. The summed E-state index contributed by atoms with van der Waals surface area (Å²) in [4.78, 5) is 17.5. The Morgan fingerprint density at radius 3 is 2.26 bits per heavy atom. The van der Waals surface area contributed by atoms with Crippen molar-refractivity contribution < 1.29 is 9.53 Å². The van der Waals surface area contributed by atoms with Gasteiger partial charge in [-0.3, -0.25) is 9.69 Å². The molecule has 0 aromatic heterocycles. The molecule has 5 nitrogen and oxygen atoms in total. The van der Waals surface area contributed by atoms with Crippen molar-refractivity contribution in [2.24, 2.45) is 0 Å². The zero-order valence-corrected chi connectivity index (χ0v) is 14.2. The number of hydrogen-bond acceptors (Lipinski definition) is 5. The Bertz CT molecular complexity index is 530. The van der Waals surface area contributed by atoms with Crippen LogP contribution in [0, 0.1) is 0 Å². The van der Waals surface area contributed by atoms with E-state index in [0.717, 1.165) is 44.8 Å². The molecule has 0 radical (unpaired) electrons. The molecule has 0 bridgehead atoms. The topological polar surface area (TPSA) is 44.8 Å². The van der Waals surface area contributed by atoms with Crippen LogP contribution < -0.4 is 10.2 Å². The van der Waals surface area contributed by atoms with Gasteiger partial charge in [-0.1, -0.05) is 0 Å². The number of carbonyl (C=O) groups is 1. The third-order valence-corrected chi connectivity index (χ3v) is 4.97. The molecule has 0 amide bonds. The first-order chi connectivity index (χ1) is 11.1. The summed E-state index contributed by atoms with van der Waals surface area (Å²) >= 11 is 0. The van der Waals surface area contributed by atoms with Crippen molar-refractivity contribution >= 4 is 11.5 Å². The molecule has 0 spiro atoms. The number of anilines is 1. The van der Waals surface area contributed by atoms with Crippen LogP contribution in [0.3, 0.4) is 0 Å². The summed E-state index contributed by atoms with van der Waals surface area (Å²) in [6.07, 6.45) is 0. The molecule has 1 N–H and O–H groups in total. The largest absolute Gasteiger partial charge is 0.379 e. The lowest BCUT2D eigenvalue weighted by Crippen LogP contribution is -2.54. The molecule has 2 saturated heterocycles. The van der Waals surface area contributed by atoms with E-state index in [4.69, 9.17) is 4.74 Å². The average molecular weight is 317 g/mol. The predicted octanol–water partition coefficient (Wildman–Crippen LogP) is 1.39. The van der Waals surface area contributed by atoms with Gasteiger partial charge in [0.25, 0.3) is 0 Å². The highest BCUT2D eigenvalue weighted by molar-refractivity contribution is 6.02. The average Bonchev–Trinajstić information content (AvgIpc) is 2.63. The Balaban J connectivity index is 1.71. The molecular weight excluding hydrogens is 290 g/mol. The Kier molecular flexibility index (Phi) is 4.99. The van der Waals surface area contributed by atoms with Crippen LogP contribution in [-0.2, 0) is 4.74 Å². The van der Waals surface area contributed by atoms with E-state index in [1.54, 1.807) is 0 Å². The number of morpholine rings is 1. The predicted molar refractivity (Wildman–Crippen MR) is 92.3 cm³/mol. The van der Waals surface area contributed by atoms with Gasteiger partial charge in [0.15, 0.2) is 5.78 Å². The van der Waals surface area contributed by atoms with Crippen molar-refractivity contribution in [1.82, 2.24) is 10.2 Å². The first-order valence-electron chi connectivity index (χ1n) is 8.52. The number of benzene rings is 1. The van der Waals surface area contributed by atoms with Gasteiger partial charge < -0.3 is 15.0 Å². The lowest BCUT2D eigenvalue weighted by atomic mass is 9.90. The van der Waals surface area contributed by atoms with Crippen LogP contribution >= 0.6 is 0 Å². The van der Waals surface area contributed by atoms with Gasteiger partial charge >= 0.3 is 0 Å². The SMILES string of the molecule is CC(C)(C(=O)c1ccc(N2CCNCC2)cc1)N1CCOCC1. The highest BCUT2D eigenvalue weighted by Gasteiger charge is 2.35. The Hall–Kier alpha value is -1.43. The van der Waals surface area contributed by atoms with E-state index in [9.17, 15) is 4.79 Å². The standard InChI is InChI=1S/C18H27N3O2/c1-18(2,21-11-13-23-14-12-21)17(22)15-3-5-16(6-4-15)20-9-7-19-8-10-20/h3-6,19H,7-14H2,1-2H3. The monoisotopic (exact) mass is 317 g/mol. The third-order valence-electron chi connectivity index (χ3n) is 4.97. The zero-order chi connectivity index (χ0) is 16.3. The van der Waals surface area contributed by atoms with Crippen molar-refractivity contribution in [3.05, 3.63) is 29.8 Å². The molecule has 2 heterocycles. The number of piperazine rings is 1. The van der Waals surface area contributed by atoms with Crippen molar-refractivity contribution in [2.75, 3.05) is 57.4 Å². The minimum atomic E-state index is -0.486. The van der Waals surface area contributed by atoms with Gasteiger partial charge in [-0.2, -0.15) is 0 Å². The van der Waals surface area contributed by atoms with Gasteiger partial charge in [0.1, 0.15) is 0 Å². The molecule has 0 atom stereocenters. The number of ketones is 1. The molecule has 1 aromatic rings. The van der Waals surface area contributed by atoms with E-state index < -0.39 is 5.54 Å². The number of ether oxygens (including phenoxy) is 1. The zero-order valence-electron chi connectivity index (χ0n) is 14.2. The summed E-state index contributed by atoms with van der Waals surface area (Å²) < 4.78 is 5.40. The molecule has 3 rings (SSSR count). The highest BCUT2D eigenvalue weighted by Crippen LogP contribution is 2.24. The van der Waals surface area contributed by atoms with E-state index in [1.807, 2.05) is 26.0 Å². The Labute approximate surface area is 138 Å². The van der Waals surface area contributed by atoms with Gasteiger partial charge in [0.2, 0.25) is 0 Å². The van der Waals surface area contributed by atoms with Crippen molar-refractivity contribution in [1.29, 1.82) is 0 Å². The fraction of sp³-hybridized carbons (Fsp3) is 0.611. The second-order valence-corrected chi connectivity index (χ2v) is 6.77. The molecule has 2 aliphatic heterocycles. The molecule has 1 aromatic carbocycles. The van der Waals surface area contributed by atoms with Crippen LogP contribution in [0.15, 0.2) is 24.3 Å². The first kappa shape index (κ1) is 16.4. The number of carbonyl (C=O) groups excluding carboxylic acids is 1. The molecule has 2 aliphatic rings. The second-order valence-electron chi connectivity index (χ2n) is 6.77. The van der Waals surface area contributed by atoms with Crippen molar-refractivity contribution in [3.63, 3.8) is 0 Å². The van der Waals surface area contributed by atoms with Gasteiger partial charge in [-0.25, -0.2) is 0 Å². The lowest BCUT2D eigenvalue weighted by Gasteiger charge is -2.39. The van der Waals surface area contributed by atoms with Gasteiger partial charge in [0.05, 0.1) is 18.8 Å². The van der Waals surface area contributed by atoms with E-state index >= 15 is 0 Å². The minimum absolute atomic E-state index is 0.186. The van der Waals surface area contributed by atoms with Gasteiger partial charge in [-0.05, 0) is 38.1 Å². The number of nitrogens with one attached hydrogen (secondary N) is 1. The molecule has 0 aliphatic carbocycles. The molecule has 126 valence electrons. The van der Waals surface area contributed by atoms with Crippen molar-refractivity contribution in [2.45, 2.75) is 19.4 Å². The van der Waals surface area contributed by atoms with E-state index in [2.05, 4.69) is 27.2 Å². The maximum Gasteiger partial charge on any atom is 0.182 e. The summed E-state index contributed by atoms with van der Waals surface area (Å²) in [5.74, 6) is 0.186. The van der Waals surface area contributed by atoms with Crippen molar-refractivity contribution in [3.8, 4) is 0 Å². The summed E-state index contributed by atoms with van der Waals surface area (Å²) in [5, 5.41) is 3.36. The summed E-state index contributed by atoms with van der Waals surface area (Å²) in [5.41, 5.74) is 1.51. The Morgan fingerprint density at radius 1 is 1.04 bits per heavy atom. The quantitative estimate of drug-likeness (QED) is 0.850. The number of nitrogens with zero attached hydrogens (tertiary/aromatic N) is 2.